The van der Waals surface area contributed by atoms with Gasteiger partial charge in [0.1, 0.15) is 0 Å². The van der Waals surface area contributed by atoms with Gasteiger partial charge in [0.05, 0.1) is 6.10 Å². The highest BCUT2D eigenvalue weighted by molar-refractivity contribution is 5.92. The van der Waals surface area contributed by atoms with Gasteiger partial charge in [0.25, 0.3) is 0 Å². The fourth-order valence-corrected chi connectivity index (χ4v) is 3.38. The zero-order valence-electron chi connectivity index (χ0n) is 13.2. The maximum atomic E-state index is 12.3. The zero-order valence-corrected chi connectivity index (χ0v) is 13.2. The second kappa shape index (κ2) is 7.75. The molecule has 0 radical (unpaired) electrons. The Kier molecular flexibility index (Phi) is 5.46. The van der Waals surface area contributed by atoms with Crippen molar-refractivity contribution in [3.05, 3.63) is 30.3 Å². The molecule has 1 atom stereocenters. The molecule has 120 valence electrons. The summed E-state index contributed by atoms with van der Waals surface area (Å²) in [4.78, 5) is 14.8. The molecular weight excluding hydrogens is 276 g/mol. The van der Waals surface area contributed by atoms with E-state index < -0.39 is 0 Å². The fraction of sp³-hybridized carbons (Fsp3) is 0.611. The monoisotopic (exact) mass is 302 g/mol. The van der Waals surface area contributed by atoms with Crippen LogP contribution in [0.25, 0.3) is 0 Å². The largest absolute Gasteiger partial charge is 0.377 e. The predicted octanol–water partition coefficient (Wildman–Crippen LogP) is 2.91. The summed E-state index contributed by atoms with van der Waals surface area (Å²) in [6, 6.07) is 9.73. The molecule has 4 nitrogen and oxygen atoms in total. The molecule has 0 saturated carbocycles. The van der Waals surface area contributed by atoms with Crippen molar-refractivity contribution in [3.63, 3.8) is 0 Å². The number of rotatable bonds is 4. The third-order valence-corrected chi connectivity index (χ3v) is 4.74. The molecule has 22 heavy (non-hydrogen) atoms. The van der Waals surface area contributed by atoms with Crippen LogP contribution in [0.15, 0.2) is 30.3 Å². The third kappa shape index (κ3) is 4.31. The minimum absolute atomic E-state index is 0.142. The van der Waals surface area contributed by atoms with Crippen LogP contribution in [-0.4, -0.2) is 43.2 Å². The number of nitrogens with one attached hydrogen (secondary N) is 1. The first-order chi connectivity index (χ1) is 10.8. The van der Waals surface area contributed by atoms with Crippen LogP contribution < -0.4 is 5.32 Å². The SMILES string of the molecule is O=C(Nc1ccccc1)C1CCN(C[C@@H]2CCCCO2)CC1. The van der Waals surface area contributed by atoms with Gasteiger partial charge in [-0.3, -0.25) is 4.79 Å². The Balaban J connectivity index is 1.42. The molecule has 0 aliphatic carbocycles. The molecule has 0 unspecified atom stereocenters. The average Bonchev–Trinajstić information content (AvgIpc) is 2.57. The highest BCUT2D eigenvalue weighted by atomic mass is 16.5. The third-order valence-electron chi connectivity index (χ3n) is 4.74. The van der Waals surface area contributed by atoms with Crippen LogP contribution >= 0.6 is 0 Å². The first kappa shape index (κ1) is 15.5. The molecule has 2 heterocycles. The summed E-state index contributed by atoms with van der Waals surface area (Å²) < 4.78 is 5.81. The standard InChI is InChI=1S/C18H26N2O2/c21-18(19-16-6-2-1-3-7-16)15-9-11-20(12-10-15)14-17-8-4-5-13-22-17/h1-3,6-7,15,17H,4-5,8-14H2,(H,19,21)/t17-/m0/s1. The second-order valence-corrected chi connectivity index (χ2v) is 6.42. The molecule has 1 N–H and O–H groups in total. The molecule has 2 aliphatic heterocycles. The van der Waals surface area contributed by atoms with Crippen LogP contribution in [0.2, 0.25) is 0 Å². The van der Waals surface area contributed by atoms with E-state index in [-0.39, 0.29) is 11.8 Å². The number of para-hydroxylation sites is 1. The Morgan fingerprint density at radius 2 is 1.91 bits per heavy atom. The molecule has 3 rings (SSSR count). The van der Waals surface area contributed by atoms with E-state index in [2.05, 4.69) is 10.2 Å². The number of likely N-dealkylation sites (tertiary alicyclic amines) is 1. The molecule has 1 amide bonds. The zero-order chi connectivity index (χ0) is 15.2. The molecule has 2 fully saturated rings. The minimum Gasteiger partial charge on any atom is -0.377 e. The average molecular weight is 302 g/mol. The first-order valence-electron chi connectivity index (χ1n) is 8.51. The molecule has 0 bridgehead atoms. The maximum absolute atomic E-state index is 12.3. The summed E-state index contributed by atoms with van der Waals surface area (Å²) in [7, 11) is 0. The van der Waals surface area contributed by atoms with Crippen molar-refractivity contribution < 1.29 is 9.53 Å². The van der Waals surface area contributed by atoms with E-state index >= 15 is 0 Å². The van der Waals surface area contributed by atoms with Crippen molar-refractivity contribution in [1.29, 1.82) is 0 Å². The lowest BCUT2D eigenvalue weighted by molar-refractivity contribution is -0.121. The topological polar surface area (TPSA) is 41.6 Å². The molecule has 0 spiro atoms. The van der Waals surface area contributed by atoms with Crippen LogP contribution in [0.3, 0.4) is 0 Å². The second-order valence-electron chi connectivity index (χ2n) is 6.42. The molecule has 0 aromatic heterocycles. The van der Waals surface area contributed by atoms with Gasteiger partial charge in [0.2, 0.25) is 5.91 Å². The summed E-state index contributed by atoms with van der Waals surface area (Å²) in [5.41, 5.74) is 0.894. The number of ether oxygens (including phenoxy) is 1. The Morgan fingerprint density at radius 1 is 1.14 bits per heavy atom. The number of carbonyl (C=O) groups is 1. The molecule has 2 saturated heterocycles. The van der Waals surface area contributed by atoms with Crippen molar-refractivity contribution in [2.75, 3.05) is 31.6 Å². The van der Waals surface area contributed by atoms with Crippen molar-refractivity contribution in [3.8, 4) is 0 Å². The predicted molar refractivity (Wildman–Crippen MR) is 87.8 cm³/mol. The number of benzene rings is 1. The van der Waals surface area contributed by atoms with Gasteiger partial charge in [-0.15, -0.1) is 0 Å². The summed E-state index contributed by atoms with van der Waals surface area (Å²) >= 11 is 0. The molecule has 1 aromatic rings. The van der Waals surface area contributed by atoms with Crippen LogP contribution in [0.4, 0.5) is 5.69 Å². The highest BCUT2D eigenvalue weighted by Gasteiger charge is 2.27. The minimum atomic E-state index is 0.142. The summed E-state index contributed by atoms with van der Waals surface area (Å²) in [5.74, 6) is 0.309. The molecule has 2 aliphatic rings. The van der Waals surface area contributed by atoms with E-state index in [1.807, 2.05) is 30.3 Å². The fourth-order valence-electron chi connectivity index (χ4n) is 3.38. The maximum Gasteiger partial charge on any atom is 0.227 e. The van der Waals surface area contributed by atoms with E-state index in [4.69, 9.17) is 4.74 Å². The van der Waals surface area contributed by atoms with Crippen LogP contribution in [0.1, 0.15) is 32.1 Å². The van der Waals surface area contributed by atoms with E-state index in [0.29, 0.717) is 6.10 Å². The lowest BCUT2D eigenvalue weighted by Gasteiger charge is -2.34. The molecule has 4 heteroatoms. The van der Waals surface area contributed by atoms with Crippen LogP contribution in [0, 0.1) is 5.92 Å². The Morgan fingerprint density at radius 3 is 2.59 bits per heavy atom. The van der Waals surface area contributed by atoms with Crippen molar-refractivity contribution >= 4 is 11.6 Å². The van der Waals surface area contributed by atoms with Gasteiger partial charge in [0.15, 0.2) is 0 Å². The lowest BCUT2D eigenvalue weighted by Crippen LogP contribution is -2.42. The normalized spacial score (nSPS) is 24.1. The quantitative estimate of drug-likeness (QED) is 0.930. The van der Waals surface area contributed by atoms with Crippen LogP contribution in [0.5, 0.6) is 0 Å². The van der Waals surface area contributed by atoms with Gasteiger partial charge in [0, 0.05) is 24.8 Å². The molecular formula is C18H26N2O2. The number of hydrogen-bond donors (Lipinski definition) is 1. The Hall–Kier alpha value is -1.39. The number of carbonyl (C=O) groups excluding carboxylic acids is 1. The number of anilines is 1. The number of amides is 1. The van der Waals surface area contributed by atoms with E-state index in [1.165, 1.54) is 19.3 Å². The van der Waals surface area contributed by atoms with Crippen LogP contribution in [-0.2, 0) is 9.53 Å². The van der Waals surface area contributed by atoms with Gasteiger partial charge >= 0.3 is 0 Å². The van der Waals surface area contributed by atoms with Gasteiger partial charge in [-0.1, -0.05) is 18.2 Å². The Bertz CT molecular complexity index is 463. The lowest BCUT2D eigenvalue weighted by atomic mass is 9.95. The highest BCUT2D eigenvalue weighted by Crippen LogP contribution is 2.21. The number of hydrogen-bond acceptors (Lipinski definition) is 3. The Labute approximate surface area is 132 Å². The van der Waals surface area contributed by atoms with Gasteiger partial charge in [-0.25, -0.2) is 0 Å². The number of piperidine rings is 1. The number of nitrogens with zero attached hydrogens (tertiary/aromatic N) is 1. The van der Waals surface area contributed by atoms with Crippen molar-refractivity contribution in [1.82, 2.24) is 4.90 Å². The van der Waals surface area contributed by atoms with Gasteiger partial charge < -0.3 is 15.0 Å². The summed E-state index contributed by atoms with van der Waals surface area (Å²) in [5, 5.41) is 3.03. The van der Waals surface area contributed by atoms with Gasteiger partial charge in [-0.2, -0.15) is 0 Å². The molecule has 1 aromatic carbocycles. The van der Waals surface area contributed by atoms with Gasteiger partial charge in [-0.05, 0) is 57.3 Å². The van der Waals surface area contributed by atoms with E-state index in [9.17, 15) is 4.79 Å². The van der Waals surface area contributed by atoms with Crippen molar-refractivity contribution in [2.24, 2.45) is 5.92 Å². The van der Waals surface area contributed by atoms with E-state index in [0.717, 1.165) is 44.8 Å². The summed E-state index contributed by atoms with van der Waals surface area (Å²) in [6.07, 6.45) is 5.99. The van der Waals surface area contributed by atoms with E-state index in [1.54, 1.807) is 0 Å². The van der Waals surface area contributed by atoms with Crippen molar-refractivity contribution in [2.45, 2.75) is 38.2 Å². The summed E-state index contributed by atoms with van der Waals surface area (Å²) in [6.45, 7) is 3.97. The smallest absolute Gasteiger partial charge is 0.227 e. The first-order valence-corrected chi connectivity index (χ1v) is 8.51.